The molecule has 0 fully saturated rings. The second kappa shape index (κ2) is 12.2. The van der Waals surface area contributed by atoms with Crippen molar-refractivity contribution in [1.29, 1.82) is 0 Å². The standard InChI is InChI=1S/C26H17BrClF3N6O2S2/c27-15-8-9-18(28)17(11-15)23(39)32-12-21-35-36-25(37(21)16-5-3-4-14(10-16)26(29,30)31)40-13-22(38)34-24-33-19-6-1-2-7-20(19)41-24/h1-11H,12-13H2,(H,32,39)(H,33,34,38). The molecule has 3 aromatic carbocycles. The molecule has 41 heavy (non-hydrogen) atoms. The van der Waals surface area contributed by atoms with Gasteiger partial charge in [-0.15, -0.1) is 10.2 Å². The van der Waals surface area contributed by atoms with Crippen molar-refractivity contribution in [2.45, 2.75) is 17.9 Å². The highest BCUT2D eigenvalue weighted by Crippen LogP contribution is 2.32. The quantitative estimate of drug-likeness (QED) is 0.172. The Balaban J connectivity index is 1.38. The molecule has 0 aliphatic carbocycles. The Labute approximate surface area is 252 Å². The third kappa shape index (κ3) is 6.89. The van der Waals surface area contributed by atoms with E-state index in [-0.39, 0.29) is 45.5 Å². The van der Waals surface area contributed by atoms with E-state index >= 15 is 0 Å². The van der Waals surface area contributed by atoms with E-state index in [9.17, 15) is 22.8 Å². The lowest BCUT2D eigenvalue weighted by molar-refractivity contribution is -0.137. The molecule has 2 amide bonds. The van der Waals surface area contributed by atoms with Gasteiger partial charge < -0.3 is 10.6 Å². The Morgan fingerprint density at radius 2 is 1.85 bits per heavy atom. The van der Waals surface area contributed by atoms with Gasteiger partial charge in [0, 0.05) is 4.47 Å². The SMILES string of the molecule is O=C(CSc1nnc(CNC(=O)c2cc(Br)ccc2Cl)n1-c1cccc(C(F)(F)F)c1)Nc1nc2ccccc2s1. The summed E-state index contributed by atoms with van der Waals surface area (Å²) in [4.78, 5) is 29.9. The Hall–Kier alpha value is -3.46. The topological polar surface area (TPSA) is 102 Å². The van der Waals surface area contributed by atoms with Crippen molar-refractivity contribution in [3.8, 4) is 5.69 Å². The minimum absolute atomic E-state index is 0.114. The van der Waals surface area contributed by atoms with Gasteiger partial charge in [-0.05, 0) is 48.5 Å². The number of aromatic nitrogens is 4. The smallest absolute Gasteiger partial charge is 0.345 e. The molecule has 0 atom stereocenters. The number of thioether (sulfide) groups is 1. The van der Waals surface area contributed by atoms with Crippen LogP contribution in [0.5, 0.6) is 0 Å². The molecule has 5 aromatic rings. The molecular weight excluding hydrogens is 665 g/mol. The number of benzene rings is 3. The first-order valence-electron chi connectivity index (χ1n) is 11.7. The number of hydrogen-bond acceptors (Lipinski definition) is 7. The van der Waals surface area contributed by atoms with Gasteiger partial charge in [-0.25, -0.2) is 4.98 Å². The number of fused-ring (bicyclic) bond motifs is 1. The summed E-state index contributed by atoms with van der Waals surface area (Å²) in [5, 5.41) is 14.4. The number of alkyl halides is 3. The average molecular weight is 682 g/mol. The number of amides is 2. The zero-order valence-electron chi connectivity index (χ0n) is 20.6. The van der Waals surface area contributed by atoms with Crippen molar-refractivity contribution >= 4 is 77.8 Å². The number of rotatable bonds is 8. The predicted molar refractivity (Wildman–Crippen MR) is 156 cm³/mol. The van der Waals surface area contributed by atoms with Crippen LogP contribution in [0.4, 0.5) is 18.3 Å². The van der Waals surface area contributed by atoms with Crippen LogP contribution in [0.25, 0.3) is 15.9 Å². The van der Waals surface area contributed by atoms with Gasteiger partial charge in [0.2, 0.25) is 5.91 Å². The second-order valence-corrected chi connectivity index (χ2v) is 11.7. The molecule has 15 heteroatoms. The van der Waals surface area contributed by atoms with Gasteiger partial charge >= 0.3 is 6.18 Å². The van der Waals surface area contributed by atoms with Gasteiger partial charge in [-0.2, -0.15) is 13.2 Å². The van der Waals surface area contributed by atoms with Gasteiger partial charge in [-0.3, -0.25) is 14.2 Å². The molecule has 0 radical (unpaired) electrons. The maximum absolute atomic E-state index is 13.5. The third-order valence-electron chi connectivity index (χ3n) is 5.58. The van der Waals surface area contributed by atoms with Crippen LogP contribution in [0.2, 0.25) is 5.02 Å². The zero-order chi connectivity index (χ0) is 29.1. The fourth-order valence-electron chi connectivity index (χ4n) is 3.73. The maximum atomic E-state index is 13.5. The first kappa shape index (κ1) is 29.0. The summed E-state index contributed by atoms with van der Waals surface area (Å²) in [7, 11) is 0. The molecule has 2 aromatic heterocycles. The van der Waals surface area contributed by atoms with E-state index < -0.39 is 17.6 Å². The summed E-state index contributed by atoms with van der Waals surface area (Å²) in [6.45, 7) is -0.177. The van der Waals surface area contributed by atoms with Crippen molar-refractivity contribution < 1.29 is 22.8 Å². The minimum atomic E-state index is -4.58. The highest BCUT2D eigenvalue weighted by molar-refractivity contribution is 9.10. The van der Waals surface area contributed by atoms with Gasteiger partial charge in [0.25, 0.3) is 5.91 Å². The molecule has 0 bridgehead atoms. The van der Waals surface area contributed by atoms with Crippen molar-refractivity contribution in [1.82, 2.24) is 25.1 Å². The molecule has 2 N–H and O–H groups in total. The lowest BCUT2D eigenvalue weighted by atomic mass is 10.2. The van der Waals surface area contributed by atoms with Crippen LogP contribution in [0.15, 0.2) is 76.4 Å². The van der Waals surface area contributed by atoms with Gasteiger partial charge in [-0.1, -0.05) is 68.8 Å². The molecule has 0 saturated carbocycles. The molecule has 0 unspecified atom stereocenters. The van der Waals surface area contributed by atoms with E-state index in [1.165, 1.54) is 28.0 Å². The van der Waals surface area contributed by atoms with E-state index in [1.807, 2.05) is 24.3 Å². The van der Waals surface area contributed by atoms with Crippen LogP contribution in [0.1, 0.15) is 21.7 Å². The normalized spacial score (nSPS) is 11.5. The molecule has 2 heterocycles. The van der Waals surface area contributed by atoms with Gasteiger partial charge in [0.05, 0.1) is 44.4 Å². The van der Waals surface area contributed by atoms with E-state index in [0.717, 1.165) is 34.1 Å². The summed E-state index contributed by atoms with van der Waals surface area (Å²) < 4.78 is 43.4. The highest BCUT2D eigenvalue weighted by atomic mass is 79.9. The Morgan fingerprint density at radius 3 is 2.63 bits per heavy atom. The van der Waals surface area contributed by atoms with Gasteiger partial charge in [0.15, 0.2) is 16.1 Å². The molecule has 0 aliphatic rings. The summed E-state index contributed by atoms with van der Waals surface area (Å²) in [6, 6.07) is 16.8. The van der Waals surface area contributed by atoms with Crippen molar-refractivity contribution in [3.63, 3.8) is 0 Å². The highest BCUT2D eigenvalue weighted by Gasteiger charge is 2.31. The van der Waals surface area contributed by atoms with E-state index in [1.54, 1.807) is 18.2 Å². The van der Waals surface area contributed by atoms with Crippen LogP contribution in [0, 0.1) is 0 Å². The molecule has 0 aliphatic heterocycles. The van der Waals surface area contributed by atoms with Crippen LogP contribution >= 0.6 is 50.6 Å². The Morgan fingerprint density at radius 1 is 1.05 bits per heavy atom. The van der Waals surface area contributed by atoms with E-state index in [4.69, 9.17) is 11.6 Å². The summed E-state index contributed by atoms with van der Waals surface area (Å²) in [5.74, 6) is -0.864. The number of anilines is 1. The predicted octanol–water partition coefficient (Wildman–Crippen LogP) is 6.97. The number of para-hydroxylation sites is 1. The second-order valence-electron chi connectivity index (χ2n) is 8.41. The number of nitrogens with zero attached hydrogens (tertiary/aromatic N) is 4. The van der Waals surface area contributed by atoms with E-state index in [0.29, 0.717) is 9.60 Å². The average Bonchev–Trinajstić information content (AvgIpc) is 3.54. The summed E-state index contributed by atoms with van der Waals surface area (Å²) >= 11 is 11.7. The van der Waals surface area contributed by atoms with Crippen LogP contribution in [0.3, 0.4) is 0 Å². The van der Waals surface area contributed by atoms with Crippen molar-refractivity contribution in [3.05, 3.63) is 93.2 Å². The lowest BCUT2D eigenvalue weighted by Gasteiger charge is -2.13. The largest absolute Gasteiger partial charge is 0.416 e. The molecule has 0 spiro atoms. The van der Waals surface area contributed by atoms with Crippen LogP contribution in [-0.2, 0) is 17.5 Å². The number of hydrogen-bond donors (Lipinski definition) is 2. The van der Waals surface area contributed by atoms with E-state index in [2.05, 4.69) is 41.7 Å². The molecular formula is C26H17BrClF3N6O2S2. The lowest BCUT2D eigenvalue weighted by Crippen LogP contribution is -2.25. The maximum Gasteiger partial charge on any atom is 0.416 e. The zero-order valence-corrected chi connectivity index (χ0v) is 24.6. The van der Waals surface area contributed by atoms with Crippen LogP contribution in [-0.4, -0.2) is 37.3 Å². The summed E-state index contributed by atoms with van der Waals surface area (Å²) in [6.07, 6.45) is -4.58. The van der Waals surface area contributed by atoms with Crippen molar-refractivity contribution in [2.75, 3.05) is 11.1 Å². The first-order chi connectivity index (χ1) is 19.6. The number of nitrogens with one attached hydrogen (secondary N) is 2. The molecule has 0 saturated heterocycles. The van der Waals surface area contributed by atoms with Crippen molar-refractivity contribution in [2.24, 2.45) is 0 Å². The number of carbonyl (C=O) groups is 2. The number of carbonyl (C=O) groups excluding carboxylic acids is 2. The van der Waals surface area contributed by atoms with Gasteiger partial charge in [0.1, 0.15) is 0 Å². The molecule has 8 nitrogen and oxygen atoms in total. The molecule has 210 valence electrons. The Bertz CT molecular complexity index is 1730. The number of halogens is 5. The Kier molecular flexibility index (Phi) is 8.63. The molecule has 5 rings (SSSR count). The first-order valence-corrected chi connectivity index (χ1v) is 14.7. The fraction of sp³-hybridized carbons (Fsp3) is 0.115. The third-order valence-corrected chi connectivity index (χ3v) is 8.29. The monoisotopic (exact) mass is 680 g/mol. The fourth-order valence-corrected chi connectivity index (χ4v) is 5.94. The minimum Gasteiger partial charge on any atom is -0.345 e. The summed E-state index contributed by atoms with van der Waals surface area (Å²) in [5.41, 5.74) is 0.195. The number of thiazole rings is 1. The van der Waals surface area contributed by atoms with Crippen LogP contribution < -0.4 is 10.6 Å².